The minimum atomic E-state index is -0.0269. The van der Waals surface area contributed by atoms with Crippen LogP contribution in [0.2, 0.25) is 0 Å². The molecule has 3 rings (SSSR count). The highest BCUT2D eigenvalue weighted by molar-refractivity contribution is 7.99. The largest absolute Gasteiger partial charge is 0.349 e. The second-order valence-electron chi connectivity index (χ2n) is 7.09. The van der Waals surface area contributed by atoms with Crippen LogP contribution in [0.3, 0.4) is 0 Å². The summed E-state index contributed by atoms with van der Waals surface area (Å²) in [4.78, 5) is 12.5. The van der Waals surface area contributed by atoms with Gasteiger partial charge in [-0.2, -0.15) is 0 Å². The van der Waals surface area contributed by atoms with E-state index in [1.807, 2.05) is 19.1 Å². The Bertz CT molecular complexity index is 965. The van der Waals surface area contributed by atoms with Gasteiger partial charge in [-0.25, -0.2) is 0 Å². The summed E-state index contributed by atoms with van der Waals surface area (Å²) < 4.78 is 2.06. The van der Waals surface area contributed by atoms with Crippen LogP contribution in [-0.4, -0.2) is 26.4 Å². The first-order chi connectivity index (χ1) is 14.0. The van der Waals surface area contributed by atoms with Crippen molar-refractivity contribution in [1.82, 2.24) is 20.1 Å². The number of thioether (sulfide) groups is 1. The van der Waals surface area contributed by atoms with E-state index in [0.29, 0.717) is 5.75 Å². The second-order valence-corrected chi connectivity index (χ2v) is 8.04. The predicted molar refractivity (Wildman–Crippen MR) is 119 cm³/mol. The number of hydrogen-bond donors (Lipinski definition) is 1. The number of rotatable bonds is 8. The number of nitrogens with zero attached hydrogens (tertiary/aromatic N) is 3. The first-order valence-corrected chi connectivity index (χ1v) is 11.0. The summed E-state index contributed by atoms with van der Waals surface area (Å²) in [6, 6.07) is 16.6. The Morgan fingerprint density at radius 2 is 1.90 bits per heavy atom. The summed E-state index contributed by atoms with van der Waals surface area (Å²) in [5.74, 6) is 1.14. The molecule has 6 heteroatoms. The van der Waals surface area contributed by atoms with E-state index in [1.165, 1.54) is 22.9 Å². The van der Waals surface area contributed by atoms with Crippen molar-refractivity contribution in [2.24, 2.45) is 0 Å². The predicted octanol–water partition coefficient (Wildman–Crippen LogP) is 4.81. The Hall–Kier alpha value is -2.60. The van der Waals surface area contributed by atoms with Crippen LogP contribution in [0.25, 0.3) is 11.4 Å². The Morgan fingerprint density at radius 3 is 2.55 bits per heavy atom. The van der Waals surface area contributed by atoms with Crippen LogP contribution in [0.1, 0.15) is 43.5 Å². The number of carbonyl (C=O) groups excluding carboxylic acids is 1. The maximum Gasteiger partial charge on any atom is 0.230 e. The van der Waals surface area contributed by atoms with E-state index in [-0.39, 0.29) is 11.9 Å². The fraction of sp³-hybridized carbons (Fsp3) is 0.348. The summed E-state index contributed by atoms with van der Waals surface area (Å²) >= 11 is 1.42. The molecule has 0 saturated carbocycles. The normalized spacial score (nSPS) is 12.0. The Balaban J connectivity index is 1.62. The van der Waals surface area contributed by atoms with Gasteiger partial charge in [0.05, 0.1) is 11.8 Å². The lowest BCUT2D eigenvalue weighted by Gasteiger charge is -2.15. The molecule has 0 radical (unpaired) electrons. The number of aromatic nitrogens is 3. The molecule has 152 valence electrons. The lowest BCUT2D eigenvalue weighted by molar-refractivity contribution is -0.119. The van der Waals surface area contributed by atoms with Crippen LogP contribution in [-0.2, 0) is 17.8 Å². The van der Waals surface area contributed by atoms with Crippen molar-refractivity contribution in [3.8, 4) is 11.4 Å². The van der Waals surface area contributed by atoms with E-state index in [0.717, 1.165) is 35.1 Å². The molecule has 5 nitrogen and oxygen atoms in total. The van der Waals surface area contributed by atoms with Gasteiger partial charge in [0.15, 0.2) is 11.0 Å². The third-order valence-electron chi connectivity index (χ3n) is 4.91. The maximum absolute atomic E-state index is 12.5. The van der Waals surface area contributed by atoms with E-state index in [1.54, 1.807) is 0 Å². The van der Waals surface area contributed by atoms with Crippen LogP contribution in [0.4, 0.5) is 0 Å². The van der Waals surface area contributed by atoms with Gasteiger partial charge in [-0.1, -0.05) is 66.7 Å². The van der Waals surface area contributed by atoms with Crippen LogP contribution in [0.5, 0.6) is 0 Å². The van der Waals surface area contributed by atoms with E-state index in [2.05, 4.69) is 77.3 Å². The molecule has 2 aromatic carbocycles. The molecular weight excluding hydrogens is 380 g/mol. The van der Waals surface area contributed by atoms with Gasteiger partial charge in [0.25, 0.3) is 0 Å². The van der Waals surface area contributed by atoms with Crippen LogP contribution in [0, 0.1) is 6.92 Å². The van der Waals surface area contributed by atoms with Gasteiger partial charge in [0.2, 0.25) is 5.91 Å². The zero-order valence-electron chi connectivity index (χ0n) is 17.5. The molecular formula is C23H28N4OS. The van der Waals surface area contributed by atoms with Crippen molar-refractivity contribution in [3.63, 3.8) is 0 Å². The molecule has 29 heavy (non-hydrogen) atoms. The van der Waals surface area contributed by atoms with Gasteiger partial charge >= 0.3 is 0 Å². The fourth-order valence-electron chi connectivity index (χ4n) is 3.22. The van der Waals surface area contributed by atoms with Crippen LogP contribution >= 0.6 is 11.8 Å². The number of benzene rings is 2. The van der Waals surface area contributed by atoms with Crippen molar-refractivity contribution in [2.75, 3.05) is 5.75 Å². The second kappa shape index (κ2) is 9.74. The highest BCUT2D eigenvalue weighted by Gasteiger charge is 2.16. The minimum Gasteiger partial charge on any atom is -0.349 e. The highest BCUT2D eigenvalue weighted by atomic mass is 32.2. The van der Waals surface area contributed by atoms with E-state index in [9.17, 15) is 4.79 Å². The van der Waals surface area contributed by atoms with Crippen molar-refractivity contribution in [1.29, 1.82) is 0 Å². The molecule has 0 fully saturated rings. The van der Waals surface area contributed by atoms with Gasteiger partial charge in [0, 0.05) is 12.1 Å². The number of hydrogen-bond acceptors (Lipinski definition) is 4. The first-order valence-electron chi connectivity index (χ1n) is 10.0. The number of aryl methyl sites for hydroxylation is 2. The van der Waals surface area contributed by atoms with Crippen molar-refractivity contribution in [2.45, 2.75) is 51.9 Å². The molecule has 1 N–H and O–H groups in total. The quantitative estimate of drug-likeness (QED) is 0.544. The number of nitrogens with one attached hydrogen (secondary N) is 1. The Morgan fingerprint density at radius 1 is 1.14 bits per heavy atom. The monoisotopic (exact) mass is 408 g/mol. The molecule has 1 unspecified atom stereocenters. The maximum atomic E-state index is 12.5. The van der Waals surface area contributed by atoms with Crippen LogP contribution in [0.15, 0.2) is 53.7 Å². The lowest BCUT2D eigenvalue weighted by Crippen LogP contribution is -2.28. The smallest absolute Gasteiger partial charge is 0.230 e. The molecule has 3 aromatic rings. The molecule has 0 bridgehead atoms. The number of carbonyl (C=O) groups is 1. The lowest BCUT2D eigenvalue weighted by atomic mass is 10.1. The first kappa shape index (κ1) is 21.1. The van der Waals surface area contributed by atoms with Gasteiger partial charge < -0.3 is 9.88 Å². The third kappa shape index (κ3) is 5.26. The number of amides is 1. The van der Waals surface area contributed by atoms with Gasteiger partial charge in [0.1, 0.15) is 0 Å². The molecule has 0 saturated heterocycles. The molecule has 0 spiro atoms. The average Bonchev–Trinajstić information content (AvgIpc) is 3.15. The summed E-state index contributed by atoms with van der Waals surface area (Å²) in [6.45, 7) is 9.02. The summed E-state index contributed by atoms with van der Waals surface area (Å²) in [6.07, 6.45) is 1.01. The van der Waals surface area contributed by atoms with Gasteiger partial charge in [-0.05, 0) is 44.4 Å². The van der Waals surface area contributed by atoms with Crippen molar-refractivity contribution < 1.29 is 4.79 Å². The minimum absolute atomic E-state index is 0.00942. The van der Waals surface area contributed by atoms with E-state index < -0.39 is 0 Å². The average molecular weight is 409 g/mol. The SMILES string of the molecule is CCc1ccc(C(C)NC(=O)CSc2nnc(-c3cccc(C)c3)n2CC)cc1. The highest BCUT2D eigenvalue weighted by Crippen LogP contribution is 2.24. The van der Waals surface area contributed by atoms with Gasteiger partial charge in [-0.3, -0.25) is 4.79 Å². The summed E-state index contributed by atoms with van der Waals surface area (Å²) in [5, 5.41) is 12.5. The molecule has 1 amide bonds. The van der Waals surface area contributed by atoms with E-state index >= 15 is 0 Å². The molecule has 1 atom stereocenters. The van der Waals surface area contributed by atoms with Crippen molar-refractivity contribution in [3.05, 3.63) is 65.2 Å². The summed E-state index contributed by atoms with van der Waals surface area (Å²) in [7, 11) is 0. The van der Waals surface area contributed by atoms with Crippen molar-refractivity contribution >= 4 is 17.7 Å². The zero-order chi connectivity index (χ0) is 20.8. The molecule has 0 aliphatic heterocycles. The topological polar surface area (TPSA) is 59.8 Å². The summed E-state index contributed by atoms with van der Waals surface area (Å²) in [5.41, 5.74) is 4.63. The Kier molecular flexibility index (Phi) is 7.09. The zero-order valence-corrected chi connectivity index (χ0v) is 18.3. The standard InChI is InChI=1S/C23H28N4OS/c1-5-18-10-12-19(13-11-18)17(4)24-21(28)15-29-23-26-25-22(27(23)6-2)20-9-7-8-16(3)14-20/h7-14,17H,5-6,15H2,1-4H3,(H,24,28). The van der Waals surface area contributed by atoms with Gasteiger partial charge in [-0.15, -0.1) is 10.2 Å². The molecule has 1 aromatic heterocycles. The molecule has 0 aliphatic rings. The van der Waals surface area contributed by atoms with Crippen LogP contribution < -0.4 is 5.32 Å². The third-order valence-corrected chi connectivity index (χ3v) is 5.87. The molecule has 0 aliphatic carbocycles. The van der Waals surface area contributed by atoms with E-state index in [4.69, 9.17) is 0 Å². The fourth-order valence-corrected chi connectivity index (χ4v) is 4.03. The molecule has 1 heterocycles. The Labute approximate surface area is 176 Å².